The molecule has 1 aliphatic rings. The number of pyridine rings is 1. The fourth-order valence-corrected chi connectivity index (χ4v) is 8.34. The lowest BCUT2D eigenvalue weighted by atomic mass is 9.82. The van der Waals surface area contributed by atoms with Gasteiger partial charge in [0, 0.05) is 50.0 Å². The molecule has 6 heteroatoms. The summed E-state index contributed by atoms with van der Waals surface area (Å²) < 4.78 is 8.71. The second-order valence-corrected chi connectivity index (χ2v) is 14.3. The van der Waals surface area contributed by atoms with Gasteiger partial charge in [-0.15, -0.1) is 0 Å². The van der Waals surface area contributed by atoms with Crippen LogP contribution in [0.25, 0.3) is 94.9 Å². The van der Waals surface area contributed by atoms with Crippen LogP contribution in [-0.2, 0) is 5.41 Å². The standard InChI is InChI=1S/C47H31N5O/c1-47(2)38-24-22-30(52-40-19-8-6-14-32(40)35-18-11-25-48-46(35)52)27-37(38)31-23-21-29(26-39(31)47)44-49-43(28-12-4-3-5-13-28)50-45(51-44)36-17-10-16-34-33-15-7-9-20-41(33)53-42(34)36/h3-27H,1-2H3. The number of nitrogens with zero attached hydrogens (tertiary/aromatic N) is 5. The molecule has 53 heavy (non-hydrogen) atoms. The van der Waals surface area contributed by atoms with Gasteiger partial charge in [0.1, 0.15) is 16.8 Å². The summed E-state index contributed by atoms with van der Waals surface area (Å²) in [5.41, 5.74) is 12.2. The average molecular weight is 682 g/mol. The van der Waals surface area contributed by atoms with Crippen LogP contribution >= 0.6 is 0 Å². The van der Waals surface area contributed by atoms with Crippen molar-refractivity contribution in [3.63, 3.8) is 0 Å². The number of rotatable bonds is 4. The van der Waals surface area contributed by atoms with Crippen molar-refractivity contribution in [3.05, 3.63) is 163 Å². The summed E-state index contributed by atoms with van der Waals surface area (Å²) in [6.07, 6.45) is 1.87. The third kappa shape index (κ3) is 4.39. The Hall–Kier alpha value is -6.92. The third-order valence-electron chi connectivity index (χ3n) is 10.9. The maximum absolute atomic E-state index is 6.43. The minimum absolute atomic E-state index is 0.240. The lowest BCUT2D eigenvalue weighted by Gasteiger charge is -2.22. The molecular weight excluding hydrogens is 651 g/mol. The number of benzene rings is 6. The van der Waals surface area contributed by atoms with Crippen LogP contribution in [0.3, 0.4) is 0 Å². The van der Waals surface area contributed by atoms with E-state index in [4.69, 9.17) is 24.4 Å². The number of fused-ring (bicyclic) bond motifs is 9. The van der Waals surface area contributed by atoms with Crippen LogP contribution in [0.2, 0.25) is 0 Å². The molecule has 0 saturated heterocycles. The number of furan rings is 1. The summed E-state index contributed by atoms with van der Waals surface area (Å²) in [6, 6.07) is 50.6. The van der Waals surface area contributed by atoms with Crippen LogP contribution in [0, 0.1) is 0 Å². The predicted molar refractivity (Wildman–Crippen MR) is 213 cm³/mol. The van der Waals surface area contributed by atoms with Crippen molar-refractivity contribution in [2.75, 3.05) is 0 Å². The van der Waals surface area contributed by atoms with Crippen molar-refractivity contribution in [2.24, 2.45) is 0 Å². The highest BCUT2D eigenvalue weighted by Gasteiger charge is 2.36. The molecule has 0 N–H and O–H groups in total. The zero-order valence-electron chi connectivity index (χ0n) is 29.1. The van der Waals surface area contributed by atoms with E-state index >= 15 is 0 Å². The van der Waals surface area contributed by atoms with Gasteiger partial charge < -0.3 is 4.42 Å². The molecule has 0 unspecified atom stereocenters. The van der Waals surface area contributed by atoms with E-state index < -0.39 is 0 Å². The number of hydrogen-bond donors (Lipinski definition) is 0. The van der Waals surface area contributed by atoms with Crippen LogP contribution in [-0.4, -0.2) is 24.5 Å². The molecule has 0 saturated carbocycles. The smallest absolute Gasteiger partial charge is 0.167 e. The maximum atomic E-state index is 6.43. The van der Waals surface area contributed by atoms with Gasteiger partial charge in [0.05, 0.1) is 11.1 Å². The molecule has 6 aromatic carbocycles. The molecule has 0 fully saturated rings. The first-order valence-electron chi connectivity index (χ1n) is 17.9. The quantitative estimate of drug-likeness (QED) is 0.185. The highest BCUT2D eigenvalue weighted by Crippen LogP contribution is 2.50. The monoisotopic (exact) mass is 681 g/mol. The van der Waals surface area contributed by atoms with Gasteiger partial charge in [-0.2, -0.15) is 0 Å². The zero-order chi connectivity index (χ0) is 35.3. The first kappa shape index (κ1) is 29.8. The summed E-state index contributed by atoms with van der Waals surface area (Å²) >= 11 is 0. The third-order valence-corrected chi connectivity index (χ3v) is 10.9. The second kappa shape index (κ2) is 11.0. The minimum atomic E-state index is -0.240. The Morgan fingerprint density at radius 1 is 0.509 bits per heavy atom. The molecule has 10 aromatic rings. The largest absolute Gasteiger partial charge is 0.455 e. The van der Waals surface area contributed by atoms with E-state index in [-0.39, 0.29) is 5.41 Å². The summed E-state index contributed by atoms with van der Waals surface area (Å²) in [5.74, 6) is 1.81. The SMILES string of the molecule is CC1(C)c2ccc(-n3c4ccccc4c4cccnc43)cc2-c2ccc(-c3nc(-c4ccccc4)nc(-c4cccc5c4oc4ccccc45)n3)cc21. The van der Waals surface area contributed by atoms with E-state index in [2.05, 4.69) is 97.3 Å². The van der Waals surface area contributed by atoms with E-state index in [1.165, 1.54) is 27.6 Å². The Kier molecular flexibility index (Phi) is 6.20. The van der Waals surface area contributed by atoms with Gasteiger partial charge in [-0.3, -0.25) is 4.57 Å². The van der Waals surface area contributed by atoms with Crippen molar-refractivity contribution < 1.29 is 4.42 Å². The molecule has 0 amide bonds. The highest BCUT2D eigenvalue weighted by atomic mass is 16.3. The average Bonchev–Trinajstić information content (AvgIpc) is 3.83. The highest BCUT2D eigenvalue weighted by molar-refractivity contribution is 6.09. The summed E-state index contributed by atoms with van der Waals surface area (Å²) in [4.78, 5) is 20.1. The van der Waals surface area contributed by atoms with Crippen LogP contribution in [0.15, 0.2) is 156 Å². The first-order valence-corrected chi connectivity index (χ1v) is 17.9. The molecule has 0 atom stereocenters. The van der Waals surface area contributed by atoms with Crippen molar-refractivity contribution in [1.29, 1.82) is 0 Å². The van der Waals surface area contributed by atoms with Crippen molar-refractivity contribution in [1.82, 2.24) is 24.5 Å². The molecule has 4 aromatic heterocycles. The molecular formula is C47H31N5O. The second-order valence-electron chi connectivity index (χ2n) is 14.3. The Morgan fingerprint density at radius 2 is 1.25 bits per heavy atom. The van der Waals surface area contributed by atoms with E-state index in [1.807, 2.05) is 72.9 Å². The minimum Gasteiger partial charge on any atom is -0.455 e. The van der Waals surface area contributed by atoms with Crippen LogP contribution in [0.4, 0.5) is 0 Å². The molecule has 11 rings (SSSR count). The molecule has 0 radical (unpaired) electrons. The Balaban J connectivity index is 1.08. The van der Waals surface area contributed by atoms with Gasteiger partial charge in [-0.1, -0.05) is 111 Å². The Labute approximate surface area is 305 Å². The summed E-state index contributed by atoms with van der Waals surface area (Å²) in [7, 11) is 0. The van der Waals surface area contributed by atoms with E-state index in [1.54, 1.807) is 0 Å². The molecule has 0 bridgehead atoms. The lowest BCUT2D eigenvalue weighted by molar-refractivity contribution is 0.660. The van der Waals surface area contributed by atoms with Gasteiger partial charge >= 0.3 is 0 Å². The molecule has 0 spiro atoms. The first-order chi connectivity index (χ1) is 26.0. The van der Waals surface area contributed by atoms with Gasteiger partial charge in [0.15, 0.2) is 17.5 Å². The van der Waals surface area contributed by atoms with Gasteiger partial charge in [-0.05, 0) is 70.8 Å². The lowest BCUT2D eigenvalue weighted by Crippen LogP contribution is -2.15. The van der Waals surface area contributed by atoms with Crippen LogP contribution in [0.5, 0.6) is 0 Å². The molecule has 250 valence electrons. The molecule has 6 nitrogen and oxygen atoms in total. The molecule has 0 aliphatic heterocycles. The normalized spacial score (nSPS) is 13.2. The van der Waals surface area contributed by atoms with Crippen molar-refractivity contribution in [2.45, 2.75) is 19.3 Å². The topological polar surface area (TPSA) is 69.6 Å². The van der Waals surface area contributed by atoms with E-state index in [0.29, 0.717) is 17.5 Å². The predicted octanol–water partition coefficient (Wildman–Crippen LogP) is 11.6. The van der Waals surface area contributed by atoms with E-state index in [0.717, 1.165) is 60.9 Å². The van der Waals surface area contributed by atoms with Crippen molar-refractivity contribution in [3.8, 4) is 51.0 Å². The van der Waals surface area contributed by atoms with Crippen LogP contribution < -0.4 is 0 Å². The fraction of sp³-hybridized carbons (Fsp3) is 0.0638. The summed E-state index contributed by atoms with van der Waals surface area (Å²) in [6.45, 7) is 4.61. The zero-order valence-corrected chi connectivity index (χ0v) is 29.1. The molecule has 1 aliphatic carbocycles. The van der Waals surface area contributed by atoms with Crippen LogP contribution in [0.1, 0.15) is 25.0 Å². The number of para-hydroxylation sites is 3. The maximum Gasteiger partial charge on any atom is 0.167 e. The van der Waals surface area contributed by atoms with Crippen molar-refractivity contribution >= 4 is 43.9 Å². The Morgan fingerprint density at radius 3 is 2.13 bits per heavy atom. The van der Waals surface area contributed by atoms with E-state index in [9.17, 15) is 0 Å². The summed E-state index contributed by atoms with van der Waals surface area (Å²) in [5, 5.41) is 4.45. The fourth-order valence-electron chi connectivity index (χ4n) is 8.34. The van der Waals surface area contributed by atoms with Gasteiger partial charge in [0.2, 0.25) is 0 Å². The molecule has 4 heterocycles. The van der Waals surface area contributed by atoms with Gasteiger partial charge in [0.25, 0.3) is 0 Å². The number of aromatic nitrogens is 5. The Bertz CT molecular complexity index is 3050. The van der Waals surface area contributed by atoms with Gasteiger partial charge in [-0.25, -0.2) is 19.9 Å². The number of hydrogen-bond acceptors (Lipinski definition) is 5.